The first-order chi connectivity index (χ1) is 10.2. The number of hydrogen-bond acceptors (Lipinski definition) is 5. The smallest absolute Gasteiger partial charge is 0.0594 e. The minimum absolute atomic E-state index is 0. The van der Waals surface area contributed by atoms with E-state index >= 15 is 0 Å². The average Bonchev–Trinajstić information content (AvgIpc) is 2.76. The maximum atomic E-state index is 5.46. The van der Waals surface area contributed by atoms with E-state index in [1.54, 1.807) is 11.1 Å². The molecule has 1 aromatic rings. The lowest BCUT2D eigenvalue weighted by Crippen LogP contribution is -2.37. The van der Waals surface area contributed by atoms with Crippen LogP contribution in [0, 0.1) is 13.8 Å². The summed E-state index contributed by atoms with van der Waals surface area (Å²) in [6.45, 7) is 14.5. The molecule has 0 radical (unpaired) electrons. The molecule has 3 rings (SSSR count). The summed E-state index contributed by atoms with van der Waals surface area (Å²) in [4.78, 5) is 8.03. The van der Waals surface area contributed by atoms with Gasteiger partial charge in [0.15, 0.2) is 0 Å². The quantitative estimate of drug-likeness (QED) is 0.798. The van der Waals surface area contributed by atoms with E-state index in [0.717, 1.165) is 65.7 Å². The molecule has 7 heteroatoms. The van der Waals surface area contributed by atoms with Gasteiger partial charge in [0.05, 0.1) is 26.4 Å². The highest BCUT2D eigenvalue weighted by Crippen LogP contribution is 2.30. The Balaban J connectivity index is 0.00000132. The first-order valence-electron chi connectivity index (χ1n) is 7.92. The molecular weight excluding hydrogens is 355 g/mol. The van der Waals surface area contributed by atoms with Gasteiger partial charge in [-0.05, 0) is 25.0 Å². The van der Waals surface area contributed by atoms with Gasteiger partial charge in [0.2, 0.25) is 0 Å². The summed E-state index contributed by atoms with van der Waals surface area (Å²) in [5.74, 6) is 0. The molecule has 0 N–H and O–H groups in total. The largest absolute Gasteiger partial charge is 0.379 e. The number of nitrogens with zero attached hydrogens (tertiary/aromatic N) is 2. The number of aryl methyl sites for hydroxylation is 2. The molecular formula is C16H28Cl2N2O2S. The molecule has 2 saturated heterocycles. The molecule has 1 aromatic heterocycles. The molecule has 0 aliphatic carbocycles. The van der Waals surface area contributed by atoms with Crippen molar-refractivity contribution in [3.63, 3.8) is 0 Å². The van der Waals surface area contributed by atoms with Crippen LogP contribution >= 0.6 is 36.2 Å². The van der Waals surface area contributed by atoms with Crippen molar-refractivity contribution in [2.24, 2.45) is 0 Å². The van der Waals surface area contributed by atoms with Crippen molar-refractivity contribution >= 4 is 36.2 Å². The highest BCUT2D eigenvalue weighted by Gasteiger charge is 2.20. The Bertz CT molecular complexity index is 432. The topological polar surface area (TPSA) is 24.9 Å². The monoisotopic (exact) mass is 382 g/mol. The summed E-state index contributed by atoms with van der Waals surface area (Å²) in [7, 11) is 0. The van der Waals surface area contributed by atoms with E-state index in [1.165, 1.54) is 9.75 Å². The fraction of sp³-hybridized carbons (Fsp3) is 0.750. The van der Waals surface area contributed by atoms with Gasteiger partial charge in [0, 0.05) is 49.0 Å². The second kappa shape index (κ2) is 10.2. The Morgan fingerprint density at radius 2 is 1.09 bits per heavy atom. The maximum absolute atomic E-state index is 5.46. The van der Waals surface area contributed by atoms with Gasteiger partial charge in [-0.2, -0.15) is 0 Å². The number of thiophene rings is 1. The van der Waals surface area contributed by atoms with Crippen molar-refractivity contribution < 1.29 is 9.47 Å². The molecule has 134 valence electrons. The van der Waals surface area contributed by atoms with Gasteiger partial charge in [0.1, 0.15) is 0 Å². The van der Waals surface area contributed by atoms with Crippen molar-refractivity contribution in [2.45, 2.75) is 26.9 Å². The maximum Gasteiger partial charge on any atom is 0.0594 e. The molecule has 3 heterocycles. The minimum atomic E-state index is 0. The molecule has 0 unspecified atom stereocenters. The molecule has 0 amide bonds. The molecule has 0 saturated carbocycles. The number of rotatable bonds is 4. The first kappa shape index (κ1) is 21.2. The molecule has 0 atom stereocenters. The summed E-state index contributed by atoms with van der Waals surface area (Å²) in [5.41, 5.74) is 3.12. The van der Waals surface area contributed by atoms with Crippen molar-refractivity contribution in [1.82, 2.24) is 9.80 Å². The van der Waals surface area contributed by atoms with Gasteiger partial charge in [-0.1, -0.05) is 0 Å². The normalized spacial score (nSPS) is 19.9. The molecule has 23 heavy (non-hydrogen) atoms. The molecule has 0 bridgehead atoms. The van der Waals surface area contributed by atoms with Crippen LogP contribution in [0.1, 0.15) is 20.9 Å². The third-order valence-electron chi connectivity index (χ3n) is 4.49. The molecule has 0 spiro atoms. The first-order valence-corrected chi connectivity index (χ1v) is 8.73. The van der Waals surface area contributed by atoms with Crippen LogP contribution < -0.4 is 0 Å². The molecule has 2 aliphatic rings. The van der Waals surface area contributed by atoms with Gasteiger partial charge < -0.3 is 9.47 Å². The third-order valence-corrected chi connectivity index (χ3v) is 5.60. The highest BCUT2D eigenvalue weighted by atomic mass is 35.5. The van der Waals surface area contributed by atoms with Crippen LogP contribution in [0.2, 0.25) is 0 Å². The standard InChI is InChI=1S/C16H26N2O2S.2ClH/c1-13-15(11-17-3-7-19-8-4-17)16(14(2)21-13)12-18-5-9-20-10-6-18;;/h3-12H2,1-2H3;2*1H. The van der Waals surface area contributed by atoms with E-state index in [4.69, 9.17) is 9.47 Å². The van der Waals surface area contributed by atoms with Crippen LogP contribution in [0.4, 0.5) is 0 Å². The van der Waals surface area contributed by atoms with Crippen LogP contribution in [-0.4, -0.2) is 62.4 Å². The van der Waals surface area contributed by atoms with Gasteiger partial charge in [-0.15, -0.1) is 36.2 Å². The average molecular weight is 383 g/mol. The SMILES string of the molecule is Cc1sc(C)c(CN2CCOCC2)c1CN1CCOCC1.Cl.Cl. The number of morpholine rings is 2. The van der Waals surface area contributed by atoms with Crippen molar-refractivity contribution in [2.75, 3.05) is 52.6 Å². The zero-order valence-corrected chi connectivity index (χ0v) is 16.5. The van der Waals surface area contributed by atoms with Crippen LogP contribution in [0.15, 0.2) is 0 Å². The lowest BCUT2D eigenvalue weighted by molar-refractivity contribution is 0.0309. The molecule has 2 aliphatic heterocycles. The predicted molar refractivity (Wildman–Crippen MR) is 100 cm³/mol. The van der Waals surface area contributed by atoms with Crippen molar-refractivity contribution in [3.8, 4) is 0 Å². The summed E-state index contributed by atoms with van der Waals surface area (Å²) in [6, 6.07) is 0. The summed E-state index contributed by atoms with van der Waals surface area (Å²) < 4.78 is 10.9. The minimum Gasteiger partial charge on any atom is -0.379 e. The second-order valence-corrected chi connectivity index (χ2v) is 7.38. The van der Waals surface area contributed by atoms with Crippen molar-refractivity contribution in [1.29, 1.82) is 0 Å². The van der Waals surface area contributed by atoms with Crippen LogP contribution in [0.3, 0.4) is 0 Å². The number of halogens is 2. The summed E-state index contributed by atoms with van der Waals surface area (Å²) in [6.07, 6.45) is 0. The Labute approximate surface area is 155 Å². The Kier molecular flexibility index (Phi) is 9.37. The fourth-order valence-corrected chi connectivity index (χ4v) is 4.24. The zero-order chi connectivity index (χ0) is 14.7. The van der Waals surface area contributed by atoms with Gasteiger partial charge in [0.25, 0.3) is 0 Å². The Hall–Kier alpha value is 0.120. The van der Waals surface area contributed by atoms with Crippen LogP contribution in [0.25, 0.3) is 0 Å². The van der Waals surface area contributed by atoms with E-state index in [1.807, 2.05) is 11.3 Å². The van der Waals surface area contributed by atoms with E-state index < -0.39 is 0 Å². The number of ether oxygens (including phenoxy) is 2. The van der Waals surface area contributed by atoms with Gasteiger partial charge in [-0.3, -0.25) is 9.80 Å². The van der Waals surface area contributed by atoms with Crippen molar-refractivity contribution in [3.05, 3.63) is 20.9 Å². The van der Waals surface area contributed by atoms with E-state index in [2.05, 4.69) is 23.6 Å². The molecule has 2 fully saturated rings. The predicted octanol–water partition coefficient (Wildman–Crippen LogP) is 2.87. The fourth-order valence-electron chi connectivity index (χ4n) is 3.16. The molecule has 4 nitrogen and oxygen atoms in total. The summed E-state index contributed by atoms with van der Waals surface area (Å²) >= 11 is 1.96. The highest BCUT2D eigenvalue weighted by molar-refractivity contribution is 7.12. The Morgan fingerprint density at radius 3 is 1.43 bits per heavy atom. The lowest BCUT2D eigenvalue weighted by atomic mass is 10.1. The van der Waals surface area contributed by atoms with Crippen LogP contribution in [0.5, 0.6) is 0 Å². The van der Waals surface area contributed by atoms with Crippen LogP contribution in [-0.2, 0) is 22.6 Å². The van der Waals surface area contributed by atoms with E-state index in [0.29, 0.717) is 0 Å². The third kappa shape index (κ3) is 5.56. The van der Waals surface area contributed by atoms with Gasteiger partial charge >= 0.3 is 0 Å². The molecule has 0 aromatic carbocycles. The Morgan fingerprint density at radius 1 is 0.739 bits per heavy atom. The number of hydrogen-bond donors (Lipinski definition) is 0. The van der Waals surface area contributed by atoms with E-state index in [-0.39, 0.29) is 24.8 Å². The van der Waals surface area contributed by atoms with Gasteiger partial charge in [-0.25, -0.2) is 0 Å². The lowest BCUT2D eigenvalue weighted by Gasteiger charge is -2.29. The second-order valence-electron chi connectivity index (χ2n) is 5.95. The zero-order valence-electron chi connectivity index (χ0n) is 14.0. The van der Waals surface area contributed by atoms with E-state index in [9.17, 15) is 0 Å². The summed E-state index contributed by atoms with van der Waals surface area (Å²) in [5, 5.41) is 0.